The number of likely N-dealkylation sites (N-methyl/N-ethyl adjacent to an activating group) is 1. The molecule has 0 aromatic rings. The maximum atomic E-state index is 11.0. The summed E-state index contributed by atoms with van der Waals surface area (Å²) in [6.07, 6.45) is -0.0663. The number of carbonyl (C=O) groups excluding carboxylic acids is 1. The maximum absolute atomic E-state index is 11.0. The van der Waals surface area contributed by atoms with Crippen molar-refractivity contribution in [2.75, 3.05) is 13.1 Å². The molecule has 0 spiro atoms. The number of hydrogen-bond acceptors (Lipinski definition) is 4. The number of nitrogens with zero attached hydrogens (tertiary/aromatic N) is 1. The molecule has 3 N–H and O–H groups in total. The van der Waals surface area contributed by atoms with Crippen LogP contribution in [0.1, 0.15) is 13.3 Å². The summed E-state index contributed by atoms with van der Waals surface area (Å²) < 4.78 is 0. The molecule has 5 heteroatoms. The van der Waals surface area contributed by atoms with Gasteiger partial charge in [-0.2, -0.15) is 0 Å². The van der Waals surface area contributed by atoms with Gasteiger partial charge in [-0.3, -0.25) is 14.9 Å². The van der Waals surface area contributed by atoms with E-state index in [4.69, 9.17) is 5.21 Å². The number of hydrogen-bond donors (Lipinski definition) is 3. The molecule has 1 heterocycles. The largest absolute Gasteiger partial charge is 0.391 e. The lowest BCUT2D eigenvalue weighted by Gasteiger charge is -2.22. The van der Waals surface area contributed by atoms with Gasteiger partial charge in [0.1, 0.15) is 6.04 Å². The third kappa shape index (κ3) is 1.57. The molecule has 0 saturated carbocycles. The molecule has 1 saturated heterocycles. The highest BCUT2D eigenvalue weighted by atomic mass is 16.5. The second-order valence-electron chi connectivity index (χ2n) is 2.91. The summed E-state index contributed by atoms with van der Waals surface area (Å²) in [7, 11) is 0. The molecule has 12 heavy (non-hydrogen) atoms. The molecule has 1 aliphatic heterocycles. The van der Waals surface area contributed by atoms with Crippen LogP contribution < -0.4 is 5.48 Å². The van der Waals surface area contributed by atoms with Crippen molar-refractivity contribution in [3.05, 3.63) is 0 Å². The van der Waals surface area contributed by atoms with E-state index in [0.29, 0.717) is 19.5 Å². The monoisotopic (exact) mass is 174 g/mol. The van der Waals surface area contributed by atoms with E-state index in [2.05, 4.69) is 0 Å². The van der Waals surface area contributed by atoms with E-state index in [1.54, 1.807) is 5.48 Å². The molecule has 1 fully saturated rings. The van der Waals surface area contributed by atoms with Crippen molar-refractivity contribution < 1.29 is 15.1 Å². The lowest BCUT2D eigenvalue weighted by atomic mass is 10.1. The summed E-state index contributed by atoms with van der Waals surface area (Å²) in [5.41, 5.74) is 1.56. The van der Waals surface area contributed by atoms with Gasteiger partial charge in [-0.25, -0.2) is 5.48 Å². The summed E-state index contributed by atoms with van der Waals surface area (Å²) in [6, 6.07) is -0.583. The van der Waals surface area contributed by atoms with Gasteiger partial charge in [0.2, 0.25) is 0 Å². The Hall–Kier alpha value is -0.650. The van der Waals surface area contributed by atoms with Crippen LogP contribution in [0.25, 0.3) is 0 Å². The molecule has 0 aliphatic carbocycles. The van der Waals surface area contributed by atoms with Gasteiger partial charge in [-0.05, 0) is 13.0 Å². The van der Waals surface area contributed by atoms with Crippen LogP contribution in [-0.2, 0) is 4.79 Å². The highest BCUT2D eigenvalue weighted by Gasteiger charge is 2.37. The fourth-order valence-electron chi connectivity index (χ4n) is 1.60. The van der Waals surface area contributed by atoms with Crippen LogP contribution in [-0.4, -0.2) is 46.4 Å². The zero-order valence-corrected chi connectivity index (χ0v) is 7.03. The number of nitrogens with one attached hydrogen (secondary N) is 1. The van der Waals surface area contributed by atoms with Crippen LogP contribution in [0, 0.1) is 0 Å². The Labute approximate surface area is 70.9 Å². The van der Waals surface area contributed by atoms with Crippen molar-refractivity contribution in [2.24, 2.45) is 0 Å². The second kappa shape index (κ2) is 3.84. The van der Waals surface area contributed by atoms with Crippen molar-refractivity contribution in [1.82, 2.24) is 10.4 Å². The predicted molar refractivity (Wildman–Crippen MR) is 41.6 cm³/mol. The molecule has 1 aliphatic rings. The summed E-state index contributed by atoms with van der Waals surface area (Å²) in [4.78, 5) is 12.9. The van der Waals surface area contributed by atoms with Crippen LogP contribution >= 0.6 is 0 Å². The Kier molecular flexibility index (Phi) is 3.02. The fourth-order valence-corrected chi connectivity index (χ4v) is 1.60. The first-order valence-electron chi connectivity index (χ1n) is 4.06. The van der Waals surface area contributed by atoms with E-state index in [1.807, 2.05) is 11.8 Å². The van der Waals surface area contributed by atoms with E-state index in [-0.39, 0.29) is 0 Å². The van der Waals surface area contributed by atoms with Gasteiger partial charge < -0.3 is 5.11 Å². The molecular formula is C7H14N2O3. The normalized spacial score (nSPS) is 30.6. The second-order valence-corrected chi connectivity index (χ2v) is 2.91. The number of aliphatic hydroxyl groups is 1. The Bertz CT molecular complexity index is 174. The lowest BCUT2D eigenvalue weighted by Crippen LogP contribution is -2.47. The minimum atomic E-state index is -0.655. The summed E-state index contributed by atoms with van der Waals surface area (Å²) >= 11 is 0. The molecule has 0 radical (unpaired) electrons. The molecule has 5 nitrogen and oxygen atoms in total. The third-order valence-electron chi connectivity index (χ3n) is 2.25. The maximum Gasteiger partial charge on any atom is 0.263 e. The number of rotatable bonds is 2. The molecule has 0 unspecified atom stereocenters. The number of aliphatic hydroxyl groups excluding tert-OH is 1. The Morgan fingerprint density at radius 2 is 2.42 bits per heavy atom. The Morgan fingerprint density at radius 1 is 1.75 bits per heavy atom. The standard InChI is InChI=1S/C7H14N2O3/c1-2-9-4-3-5(10)6(9)7(11)8-12/h5-6,10,12H,2-4H2,1H3,(H,8,11)/t5-,6-/m0/s1. The Balaban J connectivity index is 2.63. The topological polar surface area (TPSA) is 72.8 Å². The highest BCUT2D eigenvalue weighted by molar-refractivity contribution is 5.81. The van der Waals surface area contributed by atoms with E-state index in [0.717, 1.165) is 0 Å². The third-order valence-corrected chi connectivity index (χ3v) is 2.25. The SMILES string of the molecule is CCN1CC[C@H](O)[C@H]1C(=O)NO. The summed E-state index contributed by atoms with van der Waals surface area (Å²) in [6.45, 7) is 3.32. The van der Waals surface area contributed by atoms with E-state index >= 15 is 0 Å². The molecule has 1 amide bonds. The fraction of sp³-hybridized carbons (Fsp3) is 0.857. The van der Waals surface area contributed by atoms with Gasteiger partial charge in [0, 0.05) is 6.54 Å². The molecule has 0 aromatic carbocycles. The molecule has 2 atom stereocenters. The molecule has 70 valence electrons. The van der Waals surface area contributed by atoms with Crippen LogP contribution in [0.5, 0.6) is 0 Å². The van der Waals surface area contributed by atoms with Crippen molar-refractivity contribution in [1.29, 1.82) is 0 Å². The lowest BCUT2D eigenvalue weighted by molar-refractivity contribution is -0.136. The number of likely N-dealkylation sites (tertiary alicyclic amines) is 1. The minimum absolute atomic E-state index is 0.526. The first-order valence-corrected chi connectivity index (χ1v) is 4.06. The smallest absolute Gasteiger partial charge is 0.263 e. The zero-order valence-electron chi connectivity index (χ0n) is 7.03. The van der Waals surface area contributed by atoms with Crippen LogP contribution in [0.4, 0.5) is 0 Å². The van der Waals surface area contributed by atoms with Gasteiger partial charge in [0.05, 0.1) is 6.10 Å². The molecule has 1 rings (SSSR count). The average Bonchev–Trinajstić information content (AvgIpc) is 2.45. The van der Waals surface area contributed by atoms with Crippen LogP contribution in [0.3, 0.4) is 0 Å². The van der Waals surface area contributed by atoms with Crippen LogP contribution in [0.15, 0.2) is 0 Å². The van der Waals surface area contributed by atoms with E-state index < -0.39 is 18.1 Å². The average molecular weight is 174 g/mol. The highest BCUT2D eigenvalue weighted by Crippen LogP contribution is 2.17. The number of hydroxylamine groups is 1. The summed E-state index contributed by atoms with van der Waals surface area (Å²) in [5.74, 6) is -0.526. The van der Waals surface area contributed by atoms with Crippen molar-refractivity contribution in [2.45, 2.75) is 25.5 Å². The van der Waals surface area contributed by atoms with Crippen molar-refractivity contribution in [3.63, 3.8) is 0 Å². The number of amides is 1. The number of carbonyl (C=O) groups is 1. The molecular weight excluding hydrogens is 160 g/mol. The van der Waals surface area contributed by atoms with Gasteiger partial charge in [0.15, 0.2) is 0 Å². The molecule has 0 aromatic heterocycles. The summed E-state index contributed by atoms with van der Waals surface area (Å²) in [5, 5.41) is 17.8. The van der Waals surface area contributed by atoms with E-state index in [1.165, 1.54) is 0 Å². The predicted octanol–water partition coefficient (Wildman–Crippen LogP) is -1.05. The van der Waals surface area contributed by atoms with Gasteiger partial charge in [-0.15, -0.1) is 0 Å². The van der Waals surface area contributed by atoms with Gasteiger partial charge in [0.25, 0.3) is 5.91 Å². The van der Waals surface area contributed by atoms with Crippen molar-refractivity contribution >= 4 is 5.91 Å². The van der Waals surface area contributed by atoms with Gasteiger partial charge >= 0.3 is 0 Å². The zero-order chi connectivity index (χ0) is 9.14. The van der Waals surface area contributed by atoms with Gasteiger partial charge in [-0.1, -0.05) is 6.92 Å². The molecule has 0 bridgehead atoms. The Morgan fingerprint density at radius 3 is 2.92 bits per heavy atom. The first-order chi connectivity index (χ1) is 5.70. The van der Waals surface area contributed by atoms with Crippen LogP contribution in [0.2, 0.25) is 0 Å². The van der Waals surface area contributed by atoms with Crippen molar-refractivity contribution in [3.8, 4) is 0 Å². The first kappa shape index (κ1) is 9.44. The quantitative estimate of drug-likeness (QED) is 0.369. The van der Waals surface area contributed by atoms with E-state index in [9.17, 15) is 9.90 Å². The minimum Gasteiger partial charge on any atom is -0.391 e.